The second-order valence-corrected chi connectivity index (χ2v) is 6.45. The van der Waals surface area contributed by atoms with Crippen LogP contribution in [-0.2, 0) is 12.1 Å². The molecule has 136 valence electrons. The lowest BCUT2D eigenvalue weighted by Gasteiger charge is -2.29. The Labute approximate surface area is 158 Å². The molecule has 27 heavy (non-hydrogen) atoms. The molecular formula is C23H22N2O2. The Balaban J connectivity index is 2.08. The summed E-state index contributed by atoms with van der Waals surface area (Å²) in [7, 11) is 1.64. The molecule has 3 aromatic carbocycles. The lowest BCUT2D eigenvalue weighted by atomic mass is 9.85. The minimum atomic E-state index is -1.37. The number of ether oxygens (including phenoxy) is 1. The predicted molar refractivity (Wildman–Crippen MR) is 107 cm³/mol. The number of aromatic nitrogens is 2. The van der Waals surface area contributed by atoms with Crippen LogP contribution in [0.25, 0.3) is 11.0 Å². The lowest BCUT2D eigenvalue weighted by Crippen LogP contribution is -2.32. The Morgan fingerprint density at radius 3 is 2.00 bits per heavy atom. The largest absolute Gasteiger partial charge is 0.494 e. The topological polar surface area (TPSA) is 47.3 Å². The molecule has 0 aliphatic heterocycles. The Morgan fingerprint density at radius 2 is 1.48 bits per heavy atom. The average Bonchev–Trinajstić information content (AvgIpc) is 3.13. The van der Waals surface area contributed by atoms with Crippen molar-refractivity contribution in [1.29, 1.82) is 0 Å². The number of para-hydroxylation sites is 1. The van der Waals surface area contributed by atoms with Gasteiger partial charge in [-0.1, -0.05) is 66.7 Å². The van der Waals surface area contributed by atoms with Crippen molar-refractivity contribution in [3.63, 3.8) is 0 Å². The third kappa shape index (κ3) is 2.69. The number of hydrogen-bond acceptors (Lipinski definition) is 3. The van der Waals surface area contributed by atoms with Crippen molar-refractivity contribution in [2.45, 2.75) is 19.1 Å². The summed E-state index contributed by atoms with van der Waals surface area (Å²) in [6, 6.07) is 25.2. The van der Waals surface area contributed by atoms with Crippen molar-refractivity contribution in [2.75, 3.05) is 7.11 Å². The van der Waals surface area contributed by atoms with Gasteiger partial charge in [0.05, 0.1) is 12.6 Å². The van der Waals surface area contributed by atoms with Gasteiger partial charge < -0.3 is 14.4 Å². The van der Waals surface area contributed by atoms with Gasteiger partial charge in [-0.15, -0.1) is 0 Å². The number of aryl methyl sites for hydroxylation is 1. The zero-order valence-corrected chi connectivity index (χ0v) is 15.5. The molecule has 0 aliphatic rings. The molecule has 0 bridgehead atoms. The van der Waals surface area contributed by atoms with Gasteiger partial charge in [0.25, 0.3) is 0 Å². The van der Waals surface area contributed by atoms with Crippen LogP contribution in [0.15, 0.2) is 78.9 Å². The summed E-state index contributed by atoms with van der Waals surface area (Å²) in [4.78, 5) is 4.87. The van der Waals surface area contributed by atoms with E-state index in [2.05, 4.69) is 11.5 Å². The maximum Gasteiger partial charge on any atom is 0.173 e. The smallest absolute Gasteiger partial charge is 0.173 e. The third-order valence-corrected chi connectivity index (χ3v) is 4.98. The zero-order chi connectivity index (χ0) is 18.9. The van der Waals surface area contributed by atoms with Gasteiger partial charge in [-0.25, -0.2) is 4.98 Å². The fourth-order valence-corrected chi connectivity index (χ4v) is 3.67. The highest BCUT2D eigenvalue weighted by Gasteiger charge is 2.39. The van der Waals surface area contributed by atoms with Crippen LogP contribution in [0.1, 0.15) is 23.9 Å². The van der Waals surface area contributed by atoms with E-state index in [4.69, 9.17) is 9.72 Å². The average molecular weight is 358 g/mol. The number of nitrogens with zero attached hydrogens (tertiary/aromatic N) is 2. The third-order valence-electron chi connectivity index (χ3n) is 4.98. The second kappa shape index (κ2) is 6.89. The number of benzene rings is 3. The van der Waals surface area contributed by atoms with E-state index in [1.807, 2.05) is 78.9 Å². The molecule has 0 aliphatic carbocycles. The molecule has 4 heteroatoms. The molecule has 0 amide bonds. The fraction of sp³-hybridized carbons (Fsp3) is 0.174. The van der Waals surface area contributed by atoms with Crippen LogP contribution in [0.4, 0.5) is 0 Å². The van der Waals surface area contributed by atoms with Crippen molar-refractivity contribution in [3.8, 4) is 5.75 Å². The molecule has 4 rings (SSSR count). The molecule has 1 aromatic heterocycles. The summed E-state index contributed by atoms with van der Waals surface area (Å²) in [5.74, 6) is 1.28. The van der Waals surface area contributed by atoms with Gasteiger partial charge in [0.15, 0.2) is 11.4 Å². The number of hydrogen-bond donors (Lipinski definition) is 1. The van der Waals surface area contributed by atoms with E-state index >= 15 is 0 Å². The molecule has 0 atom stereocenters. The summed E-state index contributed by atoms with van der Waals surface area (Å²) < 4.78 is 7.56. The lowest BCUT2D eigenvalue weighted by molar-refractivity contribution is 0.112. The van der Waals surface area contributed by atoms with E-state index in [-0.39, 0.29) is 0 Å². The summed E-state index contributed by atoms with van der Waals surface area (Å²) in [5.41, 5.74) is 1.88. The highest BCUT2D eigenvalue weighted by molar-refractivity contribution is 5.83. The quantitative estimate of drug-likeness (QED) is 0.577. The van der Waals surface area contributed by atoms with E-state index in [9.17, 15) is 5.11 Å². The molecule has 0 spiro atoms. The molecule has 4 aromatic rings. The van der Waals surface area contributed by atoms with Crippen LogP contribution in [0.2, 0.25) is 0 Å². The van der Waals surface area contributed by atoms with E-state index < -0.39 is 5.60 Å². The molecule has 0 saturated heterocycles. The number of aliphatic hydroxyl groups is 1. The molecular weight excluding hydrogens is 336 g/mol. The maximum atomic E-state index is 12.1. The number of methoxy groups -OCH3 is 1. The van der Waals surface area contributed by atoms with Crippen molar-refractivity contribution in [2.24, 2.45) is 0 Å². The maximum absolute atomic E-state index is 12.1. The Kier molecular flexibility index (Phi) is 4.42. The van der Waals surface area contributed by atoms with Gasteiger partial charge in [0, 0.05) is 6.54 Å². The molecule has 0 unspecified atom stereocenters. The first-order chi connectivity index (χ1) is 13.2. The Hall–Kier alpha value is -3.11. The summed E-state index contributed by atoms with van der Waals surface area (Å²) in [6.45, 7) is 2.74. The molecule has 4 nitrogen and oxygen atoms in total. The molecule has 0 saturated carbocycles. The van der Waals surface area contributed by atoms with Crippen LogP contribution in [0.5, 0.6) is 5.75 Å². The SMILES string of the molecule is CCn1c(C(O)(c2ccccc2)c2ccccc2)nc2c(OC)cccc21. The normalized spacial score (nSPS) is 11.7. The highest BCUT2D eigenvalue weighted by Crippen LogP contribution is 2.38. The number of rotatable bonds is 5. The second-order valence-electron chi connectivity index (χ2n) is 6.45. The summed E-state index contributed by atoms with van der Waals surface area (Å²) in [6.07, 6.45) is 0. The minimum absolute atomic E-state index is 0.585. The van der Waals surface area contributed by atoms with E-state index in [0.717, 1.165) is 22.2 Å². The van der Waals surface area contributed by atoms with Crippen LogP contribution in [0.3, 0.4) is 0 Å². The van der Waals surface area contributed by atoms with Crippen LogP contribution >= 0.6 is 0 Å². The van der Waals surface area contributed by atoms with E-state index in [0.29, 0.717) is 18.1 Å². The zero-order valence-electron chi connectivity index (χ0n) is 15.5. The number of imidazole rings is 1. The highest BCUT2D eigenvalue weighted by atomic mass is 16.5. The first-order valence-corrected chi connectivity index (χ1v) is 9.07. The van der Waals surface area contributed by atoms with Gasteiger partial charge in [-0.2, -0.15) is 0 Å². The van der Waals surface area contributed by atoms with Crippen molar-refractivity contribution >= 4 is 11.0 Å². The van der Waals surface area contributed by atoms with Crippen molar-refractivity contribution in [3.05, 3.63) is 95.8 Å². The molecule has 0 radical (unpaired) electrons. The monoisotopic (exact) mass is 358 g/mol. The predicted octanol–water partition coefficient (Wildman–Crippen LogP) is 4.35. The van der Waals surface area contributed by atoms with Gasteiger partial charge in [0.2, 0.25) is 0 Å². The molecule has 1 N–H and O–H groups in total. The van der Waals surface area contributed by atoms with Gasteiger partial charge in [-0.05, 0) is 30.2 Å². The van der Waals surface area contributed by atoms with Crippen molar-refractivity contribution in [1.82, 2.24) is 9.55 Å². The van der Waals surface area contributed by atoms with Gasteiger partial charge in [0.1, 0.15) is 11.3 Å². The number of fused-ring (bicyclic) bond motifs is 1. The summed E-state index contributed by atoms with van der Waals surface area (Å²) >= 11 is 0. The standard InChI is InChI=1S/C23H22N2O2/c1-3-25-19-15-10-16-20(27-2)21(19)24-22(25)23(26,17-11-6-4-7-12-17)18-13-8-5-9-14-18/h4-16,26H,3H2,1-2H3. The van der Waals surface area contributed by atoms with Crippen LogP contribution in [-0.4, -0.2) is 21.8 Å². The van der Waals surface area contributed by atoms with Crippen LogP contribution < -0.4 is 4.74 Å². The Bertz CT molecular complexity index is 1020. The van der Waals surface area contributed by atoms with E-state index in [1.54, 1.807) is 7.11 Å². The Morgan fingerprint density at radius 1 is 0.889 bits per heavy atom. The van der Waals surface area contributed by atoms with Crippen LogP contribution in [0, 0.1) is 0 Å². The van der Waals surface area contributed by atoms with E-state index in [1.165, 1.54) is 0 Å². The van der Waals surface area contributed by atoms with Gasteiger partial charge in [-0.3, -0.25) is 0 Å². The van der Waals surface area contributed by atoms with Crippen molar-refractivity contribution < 1.29 is 9.84 Å². The van der Waals surface area contributed by atoms with Gasteiger partial charge >= 0.3 is 0 Å². The summed E-state index contributed by atoms with van der Waals surface area (Å²) in [5, 5.41) is 12.1. The molecule has 1 heterocycles. The molecule has 0 fully saturated rings. The first kappa shape index (κ1) is 17.3. The fourth-order valence-electron chi connectivity index (χ4n) is 3.67. The minimum Gasteiger partial charge on any atom is -0.494 e. The first-order valence-electron chi connectivity index (χ1n) is 9.07.